The molecular formula is C16H30O4S2. The molecule has 6 heteroatoms. The fourth-order valence-corrected chi connectivity index (χ4v) is 10.4. The number of hydrogen-bond donors (Lipinski definition) is 0. The Kier molecular flexibility index (Phi) is 6.34. The first-order chi connectivity index (χ1) is 10.4. The SMILES string of the molecule is CCCC(S(=O)(=O)C1CCCCC1)S(=O)(=O)C1CCCCC1. The van der Waals surface area contributed by atoms with Gasteiger partial charge in [0.2, 0.25) is 0 Å². The van der Waals surface area contributed by atoms with Crippen LogP contribution in [0.5, 0.6) is 0 Å². The Morgan fingerprint density at radius 1 is 0.727 bits per heavy atom. The smallest absolute Gasteiger partial charge is 0.170 e. The zero-order valence-corrected chi connectivity index (χ0v) is 15.3. The molecular weight excluding hydrogens is 320 g/mol. The Hall–Kier alpha value is -0.100. The summed E-state index contributed by atoms with van der Waals surface area (Å²) in [6, 6.07) is 0. The molecule has 2 fully saturated rings. The first kappa shape index (κ1) is 18.2. The molecule has 4 nitrogen and oxygen atoms in total. The standard InChI is InChI=1S/C16H30O4S2/c1-2-9-16(21(17,18)14-10-5-3-6-11-14)22(19,20)15-12-7-4-8-13-15/h14-16H,2-13H2,1H3. The maximum atomic E-state index is 13.0. The predicted octanol–water partition coefficient (Wildman–Crippen LogP) is 3.61. The molecule has 2 rings (SSSR count). The van der Waals surface area contributed by atoms with Crippen LogP contribution in [-0.2, 0) is 19.7 Å². The van der Waals surface area contributed by atoms with Crippen molar-refractivity contribution in [2.75, 3.05) is 0 Å². The number of rotatable bonds is 6. The van der Waals surface area contributed by atoms with Crippen molar-refractivity contribution in [2.45, 2.75) is 99.1 Å². The molecule has 2 aliphatic rings. The third kappa shape index (κ3) is 3.86. The van der Waals surface area contributed by atoms with Crippen LogP contribution in [0.15, 0.2) is 0 Å². The van der Waals surface area contributed by atoms with Crippen LogP contribution in [0, 0.1) is 0 Å². The summed E-state index contributed by atoms with van der Waals surface area (Å²) in [4.78, 5) is 0. The highest BCUT2D eigenvalue weighted by atomic mass is 32.3. The zero-order valence-electron chi connectivity index (χ0n) is 13.7. The molecule has 2 saturated carbocycles. The van der Waals surface area contributed by atoms with E-state index < -0.39 is 34.8 Å². The van der Waals surface area contributed by atoms with Crippen LogP contribution in [0.1, 0.15) is 84.0 Å². The molecule has 0 bridgehead atoms. The van der Waals surface area contributed by atoms with Crippen molar-refractivity contribution in [3.63, 3.8) is 0 Å². The van der Waals surface area contributed by atoms with Gasteiger partial charge in [-0.3, -0.25) is 0 Å². The summed E-state index contributed by atoms with van der Waals surface area (Å²) < 4.78 is 50.8. The Balaban J connectivity index is 2.27. The van der Waals surface area contributed by atoms with E-state index in [4.69, 9.17) is 0 Å². The summed E-state index contributed by atoms with van der Waals surface area (Å²) in [5.41, 5.74) is 0. The Bertz CT molecular complexity index is 491. The van der Waals surface area contributed by atoms with Gasteiger partial charge in [0.25, 0.3) is 0 Å². The van der Waals surface area contributed by atoms with Crippen LogP contribution in [0.4, 0.5) is 0 Å². The average molecular weight is 351 g/mol. The molecule has 2 aliphatic carbocycles. The summed E-state index contributed by atoms with van der Waals surface area (Å²) >= 11 is 0. The normalized spacial score (nSPS) is 23.0. The average Bonchev–Trinajstić information content (AvgIpc) is 2.54. The van der Waals surface area contributed by atoms with Gasteiger partial charge in [-0.25, -0.2) is 16.8 Å². The van der Waals surface area contributed by atoms with Crippen molar-refractivity contribution in [1.82, 2.24) is 0 Å². The van der Waals surface area contributed by atoms with Crippen LogP contribution in [0.2, 0.25) is 0 Å². The fraction of sp³-hybridized carbons (Fsp3) is 1.00. The zero-order chi connectivity index (χ0) is 16.2. The van der Waals surface area contributed by atoms with Crippen molar-refractivity contribution >= 4 is 19.7 Å². The van der Waals surface area contributed by atoms with Crippen LogP contribution < -0.4 is 0 Å². The Morgan fingerprint density at radius 3 is 1.41 bits per heavy atom. The lowest BCUT2D eigenvalue weighted by atomic mass is 10.0. The molecule has 0 atom stereocenters. The first-order valence-corrected chi connectivity index (χ1v) is 12.1. The summed E-state index contributed by atoms with van der Waals surface area (Å²) in [7, 11) is -7.16. The topological polar surface area (TPSA) is 68.3 Å². The van der Waals surface area contributed by atoms with E-state index >= 15 is 0 Å². The van der Waals surface area contributed by atoms with E-state index in [1.54, 1.807) is 0 Å². The van der Waals surface area contributed by atoms with E-state index in [-0.39, 0.29) is 6.42 Å². The van der Waals surface area contributed by atoms with Gasteiger partial charge in [-0.2, -0.15) is 0 Å². The van der Waals surface area contributed by atoms with Gasteiger partial charge >= 0.3 is 0 Å². The second-order valence-electron chi connectivity index (χ2n) is 6.92. The molecule has 0 aromatic rings. The summed E-state index contributed by atoms with van der Waals surface area (Å²) in [6.07, 6.45) is 9.20. The van der Waals surface area contributed by atoms with Crippen molar-refractivity contribution in [1.29, 1.82) is 0 Å². The van der Waals surface area contributed by atoms with E-state index in [0.29, 0.717) is 32.1 Å². The maximum absolute atomic E-state index is 13.0. The molecule has 0 N–H and O–H groups in total. The molecule has 0 unspecified atom stereocenters. The van der Waals surface area contributed by atoms with E-state index in [2.05, 4.69) is 0 Å². The minimum Gasteiger partial charge on any atom is -0.227 e. The maximum Gasteiger partial charge on any atom is 0.170 e. The highest BCUT2D eigenvalue weighted by Crippen LogP contribution is 2.34. The highest BCUT2D eigenvalue weighted by Gasteiger charge is 2.45. The van der Waals surface area contributed by atoms with Gasteiger partial charge in [-0.05, 0) is 32.1 Å². The second kappa shape index (κ2) is 7.65. The van der Waals surface area contributed by atoms with E-state index in [9.17, 15) is 16.8 Å². The summed E-state index contributed by atoms with van der Waals surface area (Å²) in [6.45, 7) is 1.87. The molecule has 0 heterocycles. The molecule has 0 aliphatic heterocycles. The van der Waals surface area contributed by atoms with Crippen molar-refractivity contribution in [3.8, 4) is 0 Å². The van der Waals surface area contributed by atoms with Crippen LogP contribution in [0.25, 0.3) is 0 Å². The van der Waals surface area contributed by atoms with Crippen molar-refractivity contribution < 1.29 is 16.8 Å². The quantitative estimate of drug-likeness (QED) is 0.734. The minimum absolute atomic E-state index is 0.262. The molecule has 0 radical (unpaired) electrons. The number of hydrogen-bond acceptors (Lipinski definition) is 4. The lowest BCUT2D eigenvalue weighted by Crippen LogP contribution is -2.43. The molecule has 0 amide bonds. The minimum atomic E-state index is -3.58. The first-order valence-electron chi connectivity index (χ1n) is 8.86. The largest absolute Gasteiger partial charge is 0.227 e. The van der Waals surface area contributed by atoms with E-state index in [1.165, 1.54) is 0 Å². The molecule has 0 saturated heterocycles. The fourth-order valence-electron chi connectivity index (χ4n) is 3.97. The molecule has 22 heavy (non-hydrogen) atoms. The van der Waals surface area contributed by atoms with Gasteiger partial charge in [-0.15, -0.1) is 0 Å². The van der Waals surface area contributed by atoms with Crippen LogP contribution in [-0.4, -0.2) is 31.9 Å². The van der Waals surface area contributed by atoms with Crippen LogP contribution >= 0.6 is 0 Å². The van der Waals surface area contributed by atoms with Gasteiger partial charge in [0.15, 0.2) is 24.3 Å². The monoisotopic (exact) mass is 350 g/mol. The molecule has 0 aromatic heterocycles. The second-order valence-corrected chi connectivity index (χ2v) is 12.0. The third-order valence-corrected chi connectivity index (χ3v) is 11.6. The lowest BCUT2D eigenvalue weighted by molar-refractivity contribution is 0.469. The van der Waals surface area contributed by atoms with Crippen molar-refractivity contribution in [2.24, 2.45) is 0 Å². The van der Waals surface area contributed by atoms with Crippen LogP contribution in [0.3, 0.4) is 0 Å². The van der Waals surface area contributed by atoms with Gasteiger partial charge in [0, 0.05) is 0 Å². The third-order valence-electron chi connectivity index (χ3n) is 5.29. The molecule has 0 spiro atoms. The summed E-state index contributed by atoms with van der Waals surface area (Å²) in [5.74, 6) is 0. The Morgan fingerprint density at radius 2 is 1.09 bits per heavy atom. The highest BCUT2D eigenvalue weighted by molar-refractivity contribution is 8.09. The van der Waals surface area contributed by atoms with E-state index in [1.807, 2.05) is 6.92 Å². The van der Waals surface area contributed by atoms with E-state index in [0.717, 1.165) is 38.5 Å². The molecule has 130 valence electrons. The summed E-state index contributed by atoms with van der Waals surface area (Å²) in [5, 5.41) is -0.868. The van der Waals surface area contributed by atoms with Gasteiger partial charge < -0.3 is 0 Å². The Labute approximate surface area is 135 Å². The number of sulfone groups is 2. The lowest BCUT2D eigenvalue weighted by Gasteiger charge is -2.30. The predicted molar refractivity (Wildman–Crippen MR) is 90.3 cm³/mol. The van der Waals surface area contributed by atoms with Gasteiger partial charge in [0.05, 0.1) is 10.5 Å². The molecule has 0 aromatic carbocycles. The van der Waals surface area contributed by atoms with Crippen molar-refractivity contribution in [3.05, 3.63) is 0 Å². The van der Waals surface area contributed by atoms with Gasteiger partial charge in [-0.1, -0.05) is 51.9 Å². The van der Waals surface area contributed by atoms with Gasteiger partial charge in [0.1, 0.15) is 0 Å².